The number of hydrogen-bond donors (Lipinski definition) is 1. The van der Waals surface area contributed by atoms with Crippen molar-refractivity contribution >= 4 is 23.7 Å². The van der Waals surface area contributed by atoms with Crippen molar-refractivity contribution in [1.82, 2.24) is 25.6 Å². The molecule has 0 unspecified atom stereocenters. The third-order valence-corrected chi connectivity index (χ3v) is 4.72. The van der Waals surface area contributed by atoms with Crippen molar-refractivity contribution in [2.75, 3.05) is 0 Å². The number of carbonyl (C=O) groups is 1. The van der Waals surface area contributed by atoms with Crippen LogP contribution < -0.4 is 5.43 Å². The lowest BCUT2D eigenvalue weighted by molar-refractivity contribution is -0.122. The van der Waals surface area contributed by atoms with E-state index in [1.54, 1.807) is 6.07 Å². The van der Waals surface area contributed by atoms with Gasteiger partial charge >= 0.3 is 0 Å². The molecule has 8 nitrogen and oxygen atoms in total. The Morgan fingerprint density at radius 2 is 2.00 bits per heavy atom. The summed E-state index contributed by atoms with van der Waals surface area (Å²) < 4.78 is 5.76. The molecule has 1 N–H and O–H groups in total. The van der Waals surface area contributed by atoms with Crippen molar-refractivity contribution in [3.63, 3.8) is 0 Å². The minimum Gasteiger partial charge on any atom is -0.455 e. The summed E-state index contributed by atoms with van der Waals surface area (Å²) >= 11 is 6.16. The minimum atomic E-state index is -0.388. The maximum atomic E-state index is 12.1. The Balaban J connectivity index is 1.35. The van der Waals surface area contributed by atoms with E-state index in [-0.39, 0.29) is 12.5 Å². The number of halogens is 1. The number of nitrogens with one attached hydrogen (secondary N) is 1. The summed E-state index contributed by atoms with van der Waals surface area (Å²) in [5, 5.41) is 16.6. The van der Waals surface area contributed by atoms with Crippen LogP contribution in [0.1, 0.15) is 11.3 Å². The summed E-state index contributed by atoms with van der Waals surface area (Å²) in [5.74, 6) is 1.23. The van der Waals surface area contributed by atoms with Gasteiger partial charge in [-0.05, 0) is 35.9 Å². The molecule has 0 saturated carbocycles. The molecular formula is C21H17ClN6O2. The predicted octanol–water partition coefficient (Wildman–Crippen LogP) is 3.71. The van der Waals surface area contributed by atoms with Gasteiger partial charge in [-0.3, -0.25) is 4.79 Å². The van der Waals surface area contributed by atoms with Crippen LogP contribution in [0, 0.1) is 6.92 Å². The molecular weight excluding hydrogens is 404 g/mol. The van der Waals surface area contributed by atoms with Crippen LogP contribution in [-0.2, 0) is 11.3 Å². The van der Waals surface area contributed by atoms with E-state index >= 15 is 0 Å². The number of nitrogens with zero attached hydrogens (tertiary/aromatic N) is 5. The first-order valence-corrected chi connectivity index (χ1v) is 9.48. The predicted molar refractivity (Wildman–Crippen MR) is 113 cm³/mol. The Morgan fingerprint density at radius 1 is 1.17 bits per heavy atom. The van der Waals surface area contributed by atoms with E-state index in [0.717, 1.165) is 16.7 Å². The monoisotopic (exact) mass is 420 g/mol. The minimum absolute atomic E-state index is 0.109. The van der Waals surface area contributed by atoms with E-state index in [1.165, 1.54) is 11.0 Å². The van der Waals surface area contributed by atoms with Gasteiger partial charge in [0, 0.05) is 16.1 Å². The van der Waals surface area contributed by atoms with Crippen molar-refractivity contribution in [2.45, 2.75) is 13.5 Å². The number of rotatable bonds is 6. The Morgan fingerprint density at radius 3 is 2.83 bits per heavy atom. The molecule has 0 aliphatic carbocycles. The van der Waals surface area contributed by atoms with Crippen molar-refractivity contribution in [1.29, 1.82) is 0 Å². The molecule has 0 radical (unpaired) electrons. The Hall–Kier alpha value is -3.78. The second-order valence-corrected chi connectivity index (χ2v) is 6.82. The van der Waals surface area contributed by atoms with Gasteiger partial charge in [-0.2, -0.15) is 9.90 Å². The smallest absolute Gasteiger partial charge is 0.263 e. The summed E-state index contributed by atoms with van der Waals surface area (Å²) in [7, 11) is 0. The molecule has 0 fully saturated rings. The van der Waals surface area contributed by atoms with Crippen molar-refractivity contribution in [3.8, 4) is 22.7 Å². The van der Waals surface area contributed by atoms with Crippen LogP contribution in [0.2, 0.25) is 5.02 Å². The van der Waals surface area contributed by atoms with Gasteiger partial charge in [0.25, 0.3) is 5.91 Å². The number of hydrogen-bond acceptors (Lipinski definition) is 6. The van der Waals surface area contributed by atoms with Crippen molar-refractivity contribution in [3.05, 3.63) is 77.0 Å². The van der Waals surface area contributed by atoms with Gasteiger partial charge in [0.15, 0.2) is 0 Å². The molecule has 1 amide bonds. The van der Waals surface area contributed by atoms with Crippen LogP contribution >= 0.6 is 11.6 Å². The normalized spacial score (nSPS) is 11.1. The molecule has 4 rings (SSSR count). The quantitative estimate of drug-likeness (QED) is 0.378. The molecule has 0 aliphatic rings. The lowest BCUT2D eigenvalue weighted by Gasteiger charge is -2.03. The SMILES string of the molecule is Cc1c(Cl)cccc1-c1ccc(/C=N\NC(=O)Cn2nnc(-c3ccccc3)n2)o1. The van der Waals surface area contributed by atoms with E-state index in [4.69, 9.17) is 16.0 Å². The van der Waals surface area contributed by atoms with Crippen LogP contribution in [-0.4, -0.2) is 32.3 Å². The molecule has 4 aromatic rings. The van der Waals surface area contributed by atoms with Gasteiger partial charge in [-0.1, -0.05) is 54.1 Å². The lowest BCUT2D eigenvalue weighted by Crippen LogP contribution is -2.24. The van der Waals surface area contributed by atoms with Gasteiger partial charge < -0.3 is 4.42 Å². The molecule has 0 aliphatic heterocycles. The van der Waals surface area contributed by atoms with Gasteiger partial charge in [-0.25, -0.2) is 5.43 Å². The molecule has 0 spiro atoms. The zero-order valence-corrected chi connectivity index (χ0v) is 16.7. The molecule has 9 heteroatoms. The van der Waals surface area contributed by atoms with E-state index in [1.807, 2.05) is 61.5 Å². The molecule has 0 saturated heterocycles. The second kappa shape index (κ2) is 8.71. The topological polar surface area (TPSA) is 98.2 Å². The average molecular weight is 421 g/mol. The number of aromatic nitrogens is 4. The molecule has 2 heterocycles. The fraction of sp³-hybridized carbons (Fsp3) is 0.0952. The first-order valence-electron chi connectivity index (χ1n) is 9.10. The summed E-state index contributed by atoms with van der Waals surface area (Å²) in [6.45, 7) is 1.82. The van der Waals surface area contributed by atoms with Crippen LogP contribution in [0.5, 0.6) is 0 Å². The highest BCUT2D eigenvalue weighted by atomic mass is 35.5. The van der Waals surface area contributed by atoms with Gasteiger partial charge in [0.05, 0.1) is 6.21 Å². The highest BCUT2D eigenvalue weighted by molar-refractivity contribution is 6.31. The highest BCUT2D eigenvalue weighted by Gasteiger charge is 2.10. The zero-order valence-electron chi connectivity index (χ0n) is 16.0. The Bertz CT molecular complexity index is 1200. The highest BCUT2D eigenvalue weighted by Crippen LogP contribution is 2.29. The molecule has 2 aromatic heterocycles. The van der Waals surface area contributed by atoms with Crippen molar-refractivity contribution in [2.24, 2.45) is 5.10 Å². The van der Waals surface area contributed by atoms with Crippen LogP contribution in [0.15, 0.2) is 70.2 Å². The number of tetrazole rings is 1. The van der Waals surface area contributed by atoms with Crippen molar-refractivity contribution < 1.29 is 9.21 Å². The molecule has 0 bridgehead atoms. The summed E-state index contributed by atoms with van der Waals surface area (Å²) in [4.78, 5) is 13.3. The maximum Gasteiger partial charge on any atom is 0.263 e. The Kier molecular flexibility index (Phi) is 5.67. The largest absolute Gasteiger partial charge is 0.455 e. The molecule has 30 heavy (non-hydrogen) atoms. The van der Waals surface area contributed by atoms with E-state index in [2.05, 4.69) is 25.9 Å². The number of amides is 1. The third kappa shape index (κ3) is 4.44. The number of hydrazone groups is 1. The standard InChI is InChI=1S/C21H17ClN6O2/c1-14-17(8-5-9-18(14)22)19-11-10-16(30-19)12-23-24-20(29)13-28-26-21(25-27-28)15-6-3-2-4-7-15/h2-12H,13H2,1H3,(H,24,29)/b23-12-. The van der Waals surface area contributed by atoms with E-state index in [9.17, 15) is 4.79 Å². The second-order valence-electron chi connectivity index (χ2n) is 6.42. The number of furan rings is 1. The van der Waals surface area contributed by atoms with Crippen LogP contribution in [0.3, 0.4) is 0 Å². The first kappa shape index (κ1) is 19.5. The molecule has 150 valence electrons. The van der Waals surface area contributed by atoms with E-state index < -0.39 is 0 Å². The van der Waals surface area contributed by atoms with Crippen LogP contribution in [0.25, 0.3) is 22.7 Å². The third-order valence-electron chi connectivity index (χ3n) is 4.31. The summed E-state index contributed by atoms with van der Waals surface area (Å²) in [6, 6.07) is 18.6. The summed E-state index contributed by atoms with van der Waals surface area (Å²) in [5.41, 5.74) is 5.08. The average Bonchev–Trinajstić information content (AvgIpc) is 3.41. The van der Waals surface area contributed by atoms with Crippen LogP contribution in [0.4, 0.5) is 0 Å². The maximum absolute atomic E-state index is 12.1. The summed E-state index contributed by atoms with van der Waals surface area (Å²) in [6.07, 6.45) is 1.42. The lowest BCUT2D eigenvalue weighted by atomic mass is 10.1. The Labute approximate surface area is 177 Å². The first-order chi connectivity index (χ1) is 14.6. The fourth-order valence-electron chi connectivity index (χ4n) is 2.79. The van der Waals surface area contributed by atoms with Gasteiger partial charge in [0.1, 0.15) is 18.1 Å². The molecule has 2 aromatic carbocycles. The van der Waals surface area contributed by atoms with Gasteiger partial charge in [-0.15, -0.1) is 10.2 Å². The zero-order chi connectivity index (χ0) is 20.9. The van der Waals surface area contributed by atoms with Gasteiger partial charge in [0.2, 0.25) is 5.82 Å². The van der Waals surface area contributed by atoms with E-state index in [0.29, 0.717) is 22.4 Å². The number of carbonyl (C=O) groups excluding carboxylic acids is 1. The molecule has 0 atom stereocenters. The fourth-order valence-corrected chi connectivity index (χ4v) is 2.96. The number of benzene rings is 2.